The Morgan fingerprint density at radius 2 is 1.93 bits per heavy atom. The summed E-state index contributed by atoms with van der Waals surface area (Å²) in [5.74, 6) is 0.994. The molecule has 4 aromatic rings. The first-order chi connectivity index (χ1) is 13.3. The van der Waals surface area contributed by atoms with Crippen LogP contribution in [0.4, 0.5) is 5.82 Å². The van der Waals surface area contributed by atoms with E-state index in [4.69, 9.17) is 9.72 Å². The van der Waals surface area contributed by atoms with E-state index in [1.165, 1.54) is 0 Å². The maximum atomic E-state index is 5.41. The van der Waals surface area contributed by atoms with Crippen molar-refractivity contribution in [2.45, 2.75) is 6.92 Å². The van der Waals surface area contributed by atoms with Gasteiger partial charge in [-0.25, -0.2) is 9.97 Å². The summed E-state index contributed by atoms with van der Waals surface area (Å²) >= 11 is 1.67. The van der Waals surface area contributed by atoms with Crippen molar-refractivity contribution < 1.29 is 4.74 Å². The van der Waals surface area contributed by atoms with Crippen molar-refractivity contribution in [2.24, 2.45) is 0 Å². The molecule has 0 amide bonds. The number of H-pyrrole nitrogens is 1. The Morgan fingerprint density at radius 1 is 1.07 bits per heavy atom. The van der Waals surface area contributed by atoms with E-state index in [0.717, 1.165) is 69.9 Å². The second kappa shape index (κ2) is 6.75. The molecule has 6 nitrogen and oxygen atoms in total. The molecule has 1 N–H and O–H groups in total. The van der Waals surface area contributed by atoms with Crippen molar-refractivity contribution in [3.63, 3.8) is 0 Å². The molecule has 0 saturated carbocycles. The van der Waals surface area contributed by atoms with Gasteiger partial charge in [-0.15, -0.1) is 11.3 Å². The Labute approximate surface area is 160 Å². The Kier molecular flexibility index (Phi) is 4.10. The van der Waals surface area contributed by atoms with Gasteiger partial charge in [0, 0.05) is 35.1 Å². The molecule has 1 aliphatic rings. The lowest BCUT2D eigenvalue weighted by atomic mass is 10.2. The highest BCUT2D eigenvalue weighted by Gasteiger charge is 2.17. The predicted octanol–water partition coefficient (Wildman–Crippen LogP) is 3.89. The lowest BCUT2D eigenvalue weighted by Gasteiger charge is -2.27. The minimum atomic E-state index is 0.760. The number of para-hydroxylation sites is 1. The monoisotopic (exact) mass is 377 g/mol. The molecule has 5 rings (SSSR count). The number of nitrogens with zero attached hydrogens (tertiary/aromatic N) is 4. The molecule has 0 radical (unpaired) electrons. The molecule has 0 bridgehead atoms. The van der Waals surface area contributed by atoms with E-state index in [-0.39, 0.29) is 0 Å². The molecule has 1 aromatic carbocycles. The van der Waals surface area contributed by atoms with Crippen LogP contribution in [0.5, 0.6) is 0 Å². The van der Waals surface area contributed by atoms with E-state index in [1.807, 2.05) is 24.4 Å². The van der Waals surface area contributed by atoms with Gasteiger partial charge in [0.15, 0.2) is 0 Å². The maximum Gasteiger partial charge on any atom is 0.145 e. The summed E-state index contributed by atoms with van der Waals surface area (Å²) in [5, 5.41) is 9.59. The number of hydrogen-bond donors (Lipinski definition) is 1. The zero-order valence-corrected chi connectivity index (χ0v) is 15.8. The predicted molar refractivity (Wildman–Crippen MR) is 108 cm³/mol. The van der Waals surface area contributed by atoms with Gasteiger partial charge in [0.1, 0.15) is 16.5 Å². The molecule has 136 valence electrons. The van der Waals surface area contributed by atoms with Crippen molar-refractivity contribution >= 4 is 28.1 Å². The largest absolute Gasteiger partial charge is 0.378 e. The van der Waals surface area contributed by atoms with E-state index in [9.17, 15) is 0 Å². The summed E-state index contributed by atoms with van der Waals surface area (Å²) < 4.78 is 5.41. The minimum absolute atomic E-state index is 0.760. The number of fused-ring (bicyclic) bond motifs is 1. The third kappa shape index (κ3) is 2.98. The summed E-state index contributed by atoms with van der Waals surface area (Å²) in [6, 6.07) is 12.3. The van der Waals surface area contributed by atoms with Crippen LogP contribution >= 0.6 is 11.3 Å². The number of nitrogens with one attached hydrogen (secondary N) is 1. The number of aryl methyl sites for hydroxylation is 1. The van der Waals surface area contributed by atoms with Crippen LogP contribution in [-0.2, 0) is 4.74 Å². The fraction of sp³-hybridized carbons (Fsp3) is 0.250. The second-order valence-corrected chi connectivity index (χ2v) is 7.75. The highest BCUT2D eigenvalue weighted by atomic mass is 32.1. The van der Waals surface area contributed by atoms with E-state index in [1.54, 1.807) is 11.3 Å². The third-order valence-corrected chi connectivity index (χ3v) is 5.80. The molecular weight excluding hydrogens is 358 g/mol. The van der Waals surface area contributed by atoms with Crippen molar-refractivity contribution in [1.29, 1.82) is 0 Å². The quantitative estimate of drug-likeness (QED) is 0.587. The van der Waals surface area contributed by atoms with Gasteiger partial charge < -0.3 is 9.64 Å². The van der Waals surface area contributed by atoms with Crippen molar-refractivity contribution in [2.75, 3.05) is 31.2 Å². The minimum Gasteiger partial charge on any atom is -0.378 e. The van der Waals surface area contributed by atoms with Crippen molar-refractivity contribution in [3.8, 4) is 22.0 Å². The average Bonchev–Trinajstić information content (AvgIpc) is 3.32. The van der Waals surface area contributed by atoms with Crippen LogP contribution < -0.4 is 4.90 Å². The van der Waals surface area contributed by atoms with Gasteiger partial charge in [-0.05, 0) is 25.1 Å². The Bertz CT molecular complexity index is 1080. The molecule has 3 aromatic heterocycles. The number of hydrogen-bond acceptors (Lipinski definition) is 6. The first-order valence-electron chi connectivity index (χ1n) is 8.99. The molecule has 0 atom stereocenters. The van der Waals surface area contributed by atoms with Crippen LogP contribution in [0.1, 0.15) is 4.88 Å². The molecule has 4 heterocycles. The molecule has 1 aliphatic heterocycles. The average molecular weight is 377 g/mol. The normalized spacial score (nSPS) is 14.8. The van der Waals surface area contributed by atoms with E-state index in [2.05, 4.69) is 45.2 Å². The summed E-state index contributed by atoms with van der Waals surface area (Å²) in [6.45, 7) is 5.39. The molecule has 7 heteroatoms. The van der Waals surface area contributed by atoms with Crippen LogP contribution in [0.15, 0.2) is 42.6 Å². The van der Waals surface area contributed by atoms with Gasteiger partial charge >= 0.3 is 0 Å². The van der Waals surface area contributed by atoms with Gasteiger partial charge in [-0.3, -0.25) is 5.10 Å². The number of anilines is 1. The molecule has 27 heavy (non-hydrogen) atoms. The van der Waals surface area contributed by atoms with Gasteiger partial charge in [0.2, 0.25) is 0 Å². The molecule has 1 saturated heterocycles. The topological polar surface area (TPSA) is 66.9 Å². The number of aromatic nitrogens is 4. The number of thiazole rings is 1. The van der Waals surface area contributed by atoms with E-state index in [0.29, 0.717) is 0 Å². The highest BCUT2D eigenvalue weighted by Crippen LogP contribution is 2.35. The lowest BCUT2D eigenvalue weighted by molar-refractivity contribution is 0.122. The number of aromatic amines is 1. The summed E-state index contributed by atoms with van der Waals surface area (Å²) in [6.07, 6.45) is 1.92. The summed E-state index contributed by atoms with van der Waals surface area (Å²) in [4.78, 5) is 12.9. The van der Waals surface area contributed by atoms with Crippen molar-refractivity contribution in [1.82, 2.24) is 20.2 Å². The van der Waals surface area contributed by atoms with Gasteiger partial charge in [-0.2, -0.15) is 5.10 Å². The van der Waals surface area contributed by atoms with E-state index < -0.39 is 0 Å². The third-order valence-electron chi connectivity index (χ3n) is 4.83. The Balaban J connectivity index is 1.47. The van der Waals surface area contributed by atoms with Gasteiger partial charge in [0.25, 0.3) is 0 Å². The number of morpholine rings is 1. The molecular formula is C20H19N5OS. The zero-order chi connectivity index (χ0) is 18.2. The standard InChI is InChI=1S/C20H19N5OS/c1-13-18(14-6-7-17(21-12-14)25-8-10-26-11-9-25)22-20(27-13)19-15-4-2-3-5-16(15)23-24-19/h2-7,12H,8-11H2,1H3,(H,23,24). The zero-order valence-electron chi connectivity index (χ0n) is 15.0. The molecule has 0 spiro atoms. The number of pyridine rings is 1. The van der Waals surface area contributed by atoms with Gasteiger partial charge in [-0.1, -0.05) is 18.2 Å². The maximum absolute atomic E-state index is 5.41. The fourth-order valence-corrected chi connectivity index (χ4v) is 4.34. The van der Waals surface area contributed by atoms with Crippen LogP contribution in [0.25, 0.3) is 32.9 Å². The molecule has 0 unspecified atom stereocenters. The van der Waals surface area contributed by atoms with Crippen LogP contribution in [0, 0.1) is 6.92 Å². The van der Waals surface area contributed by atoms with E-state index >= 15 is 0 Å². The molecule has 1 fully saturated rings. The summed E-state index contributed by atoms with van der Waals surface area (Å²) in [5.41, 5.74) is 3.94. The fourth-order valence-electron chi connectivity index (χ4n) is 3.40. The van der Waals surface area contributed by atoms with Gasteiger partial charge in [0.05, 0.1) is 24.4 Å². The van der Waals surface area contributed by atoms with Crippen molar-refractivity contribution in [3.05, 3.63) is 47.5 Å². The number of benzene rings is 1. The molecule has 0 aliphatic carbocycles. The first kappa shape index (κ1) is 16.4. The smallest absolute Gasteiger partial charge is 0.145 e. The lowest BCUT2D eigenvalue weighted by Crippen LogP contribution is -2.36. The second-order valence-electron chi connectivity index (χ2n) is 6.55. The SMILES string of the molecule is Cc1sc(-c2n[nH]c3ccccc23)nc1-c1ccc(N2CCOCC2)nc1. The van der Waals surface area contributed by atoms with Crippen LogP contribution in [0.2, 0.25) is 0 Å². The number of rotatable bonds is 3. The summed E-state index contributed by atoms with van der Waals surface area (Å²) in [7, 11) is 0. The number of ether oxygens (including phenoxy) is 1. The van der Waals surface area contributed by atoms with Crippen LogP contribution in [0.3, 0.4) is 0 Å². The Morgan fingerprint density at radius 3 is 2.74 bits per heavy atom. The highest BCUT2D eigenvalue weighted by molar-refractivity contribution is 7.15. The van der Waals surface area contributed by atoms with Crippen LogP contribution in [-0.4, -0.2) is 46.5 Å². The first-order valence-corrected chi connectivity index (χ1v) is 9.81. The Hall–Kier alpha value is -2.77.